The highest BCUT2D eigenvalue weighted by molar-refractivity contribution is 14.0. The molecule has 6 nitrogen and oxygen atoms in total. The fourth-order valence-electron chi connectivity index (χ4n) is 4.17. The average molecular weight is 500 g/mol. The summed E-state index contributed by atoms with van der Waals surface area (Å²) in [6.45, 7) is 11.2. The van der Waals surface area contributed by atoms with Crippen LogP contribution in [0.2, 0.25) is 0 Å². The monoisotopic (exact) mass is 500 g/mol. The van der Waals surface area contributed by atoms with Gasteiger partial charge >= 0.3 is 0 Å². The third kappa shape index (κ3) is 7.06. The predicted molar refractivity (Wildman–Crippen MR) is 129 cm³/mol. The lowest BCUT2D eigenvalue weighted by molar-refractivity contribution is 0.181. The summed E-state index contributed by atoms with van der Waals surface area (Å²) >= 11 is 0. The van der Waals surface area contributed by atoms with Crippen LogP contribution in [0.15, 0.2) is 29.4 Å². The fourth-order valence-corrected chi connectivity index (χ4v) is 4.17. The number of aromatic nitrogens is 1. The molecule has 0 saturated carbocycles. The van der Waals surface area contributed by atoms with Crippen molar-refractivity contribution in [1.82, 2.24) is 20.1 Å². The van der Waals surface area contributed by atoms with E-state index < -0.39 is 0 Å². The molecule has 1 N–H and O–H groups in total. The normalized spacial score (nSPS) is 21.4. The maximum atomic E-state index is 4.49. The standard InChI is InChI=1S/C21H36N6.HI/c1-19-8-7-13-25(18-19)12-6-5-11-24-21(22-2)27-16-14-26(15-17-27)20-9-3-4-10-23-20;/h3-4,9-10,19H,5-8,11-18H2,1-2H3,(H,22,24);1H. The molecule has 2 saturated heterocycles. The van der Waals surface area contributed by atoms with Crippen molar-refractivity contribution in [1.29, 1.82) is 0 Å². The first-order valence-corrected chi connectivity index (χ1v) is 10.6. The van der Waals surface area contributed by atoms with Crippen molar-refractivity contribution in [3.63, 3.8) is 0 Å². The van der Waals surface area contributed by atoms with Gasteiger partial charge in [-0.15, -0.1) is 24.0 Å². The van der Waals surface area contributed by atoms with Gasteiger partial charge in [-0.1, -0.05) is 13.0 Å². The minimum atomic E-state index is 0. The number of guanidine groups is 1. The molecule has 1 unspecified atom stereocenters. The molecule has 0 bridgehead atoms. The minimum Gasteiger partial charge on any atom is -0.356 e. The van der Waals surface area contributed by atoms with Gasteiger partial charge in [0, 0.05) is 52.5 Å². The molecule has 1 aromatic heterocycles. The van der Waals surface area contributed by atoms with Crippen LogP contribution in [0.25, 0.3) is 0 Å². The summed E-state index contributed by atoms with van der Waals surface area (Å²) in [5, 5.41) is 3.56. The van der Waals surface area contributed by atoms with Crippen LogP contribution in [0, 0.1) is 5.92 Å². The number of hydrogen-bond donors (Lipinski definition) is 1. The Morgan fingerprint density at radius 1 is 1.18 bits per heavy atom. The maximum Gasteiger partial charge on any atom is 0.193 e. The fraction of sp³-hybridized carbons (Fsp3) is 0.714. The topological polar surface area (TPSA) is 47.0 Å². The zero-order valence-corrected chi connectivity index (χ0v) is 19.8. The highest BCUT2D eigenvalue weighted by Crippen LogP contribution is 2.15. The Kier molecular flexibility index (Phi) is 10.3. The van der Waals surface area contributed by atoms with Gasteiger partial charge in [-0.2, -0.15) is 0 Å². The number of piperazine rings is 1. The molecule has 7 heteroatoms. The van der Waals surface area contributed by atoms with Gasteiger partial charge in [0.2, 0.25) is 0 Å². The van der Waals surface area contributed by atoms with Gasteiger partial charge in [-0.3, -0.25) is 4.99 Å². The smallest absolute Gasteiger partial charge is 0.193 e. The van der Waals surface area contributed by atoms with Crippen LogP contribution in [0.4, 0.5) is 5.82 Å². The van der Waals surface area contributed by atoms with E-state index in [0.717, 1.165) is 50.4 Å². The summed E-state index contributed by atoms with van der Waals surface area (Å²) in [6, 6.07) is 6.11. The molecule has 2 fully saturated rings. The van der Waals surface area contributed by atoms with E-state index in [1.165, 1.54) is 45.3 Å². The van der Waals surface area contributed by atoms with Gasteiger partial charge in [0.15, 0.2) is 5.96 Å². The first-order chi connectivity index (χ1) is 13.3. The number of nitrogens with one attached hydrogen (secondary N) is 1. The van der Waals surface area contributed by atoms with Crippen molar-refractivity contribution in [3.05, 3.63) is 24.4 Å². The van der Waals surface area contributed by atoms with E-state index in [9.17, 15) is 0 Å². The first-order valence-electron chi connectivity index (χ1n) is 10.6. The van der Waals surface area contributed by atoms with Crippen molar-refractivity contribution < 1.29 is 0 Å². The summed E-state index contributed by atoms with van der Waals surface area (Å²) in [5.41, 5.74) is 0. The maximum absolute atomic E-state index is 4.49. The van der Waals surface area contributed by atoms with Gasteiger partial charge in [-0.05, 0) is 56.8 Å². The Bertz CT molecular complexity index is 574. The molecule has 3 rings (SSSR count). The van der Waals surface area contributed by atoms with E-state index >= 15 is 0 Å². The zero-order valence-electron chi connectivity index (χ0n) is 17.5. The second-order valence-electron chi connectivity index (χ2n) is 7.89. The second kappa shape index (κ2) is 12.5. The Hall–Kier alpha value is -1.09. The number of hydrogen-bond acceptors (Lipinski definition) is 4. The largest absolute Gasteiger partial charge is 0.356 e. The molecule has 0 aromatic carbocycles. The third-order valence-corrected chi connectivity index (χ3v) is 5.69. The van der Waals surface area contributed by atoms with Crippen molar-refractivity contribution in [2.75, 3.05) is 64.3 Å². The molecule has 0 spiro atoms. The van der Waals surface area contributed by atoms with Crippen LogP contribution in [0.1, 0.15) is 32.6 Å². The predicted octanol–water partition coefficient (Wildman–Crippen LogP) is 2.91. The molecule has 158 valence electrons. The zero-order chi connectivity index (χ0) is 18.9. The van der Waals surface area contributed by atoms with E-state index in [1.54, 1.807) is 0 Å². The van der Waals surface area contributed by atoms with Crippen LogP contribution in [0.5, 0.6) is 0 Å². The van der Waals surface area contributed by atoms with Crippen LogP contribution >= 0.6 is 24.0 Å². The Balaban J connectivity index is 0.00000280. The lowest BCUT2D eigenvalue weighted by Crippen LogP contribution is -2.52. The highest BCUT2D eigenvalue weighted by atomic mass is 127. The molecule has 0 amide bonds. The van der Waals surface area contributed by atoms with Gasteiger partial charge in [0.1, 0.15) is 5.82 Å². The van der Waals surface area contributed by atoms with E-state index in [1.807, 2.05) is 19.3 Å². The number of unbranched alkanes of at least 4 members (excludes halogenated alkanes) is 1. The second-order valence-corrected chi connectivity index (χ2v) is 7.89. The number of likely N-dealkylation sites (tertiary alicyclic amines) is 1. The lowest BCUT2D eigenvalue weighted by Gasteiger charge is -2.37. The van der Waals surface area contributed by atoms with E-state index in [0.29, 0.717) is 0 Å². The number of pyridine rings is 1. The van der Waals surface area contributed by atoms with Gasteiger partial charge in [0.25, 0.3) is 0 Å². The summed E-state index contributed by atoms with van der Waals surface area (Å²) in [5.74, 6) is 3.00. The molecular weight excluding hydrogens is 463 g/mol. The third-order valence-electron chi connectivity index (χ3n) is 5.69. The molecule has 3 heterocycles. The van der Waals surface area contributed by atoms with Crippen molar-refractivity contribution in [2.45, 2.75) is 32.6 Å². The van der Waals surface area contributed by atoms with Crippen molar-refractivity contribution in [3.8, 4) is 0 Å². The lowest BCUT2D eigenvalue weighted by atomic mass is 10.0. The summed E-state index contributed by atoms with van der Waals surface area (Å²) in [4.78, 5) is 16.3. The van der Waals surface area contributed by atoms with Gasteiger partial charge < -0.3 is 20.0 Å². The number of rotatable bonds is 6. The SMILES string of the molecule is CN=C(NCCCCN1CCCC(C)C1)N1CCN(c2ccccn2)CC1.I. The number of aliphatic imine (C=N–C) groups is 1. The molecule has 1 aromatic rings. The van der Waals surface area contributed by atoms with Gasteiger partial charge in [0.05, 0.1) is 0 Å². The number of piperidine rings is 1. The van der Waals surface area contributed by atoms with E-state index in [2.05, 4.69) is 49.0 Å². The number of halogens is 1. The molecule has 0 aliphatic carbocycles. The van der Waals surface area contributed by atoms with Crippen LogP contribution in [-0.2, 0) is 0 Å². The summed E-state index contributed by atoms with van der Waals surface area (Å²) in [6.07, 6.45) is 7.12. The Morgan fingerprint density at radius 2 is 2.00 bits per heavy atom. The Morgan fingerprint density at radius 3 is 2.68 bits per heavy atom. The molecule has 0 radical (unpaired) electrons. The summed E-state index contributed by atoms with van der Waals surface area (Å²) < 4.78 is 0. The highest BCUT2D eigenvalue weighted by Gasteiger charge is 2.20. The number of nitrogens with zero attached hydrogens (tertiary/aromatic N) is 5. The van der Waals surface area contributed by atoms with Crippen LogP contribution in [-0.4, -0.2) is 80.1 Å². The summed E-state index contributed by atoms with van der Waals surface area (Å²) in [7, 11) is 1.89. The molecule has 2 aliphatic heterocycles. The quantitative estimate of drug-likeness (QED) is 0.282. The first kappa shape index (κ1) is 23.2. The van der Waals surface area contributed by atoms with Crippen molar-refractivity contribution >= 4 is 35.8 Å². The molecule has 1 atom stereocenters. The van der Waals surface area contributed by atoms with E-state index in [4.69, 9.17) is 0 Å². The van der Waals surface area contributed by atoms with Crippen molar-refractivity contribution in [2.24, 2.45) is 10.9 Å². The molecule has 28 heavy (non-hydrogen) atoms. The molecule has 2 aliphatic rings. The van der Waals surface area contributed by atoms with Crippen LogP contribution in [0.3, 0.4) is 0 Å². The molecular formula is C21H37IN6. The van der Waals surface area contributed by atoms with Gasteiger partial charge in [-0.25, -0.2) is 4.98 Å². The van der Waals surface area contributed by atoms with Crippen LogP contribution < -0.4 is 10.2 Å². The minimum absolute atomic E-state index is 0. The average Bonchev–Trinajstić information content (AvgIpc) is 2.72. The van der Waals surface area contributed by atoms with E-state index in [-0.39, 0.29) is 24.0 Å². The number of anilines is 1. The Labute approximate surface area is 187 Å².